The molecule has 1 aromatic carbocycles. The Hall–Kier alpha value is -2.61. The summed E-state index contributed by atoms with van der Waals surface area (Å²) in [4.78, 5) is 47.8. The van der Waals surface area contributed by atoms with Crippen LogP contribution in [0, 0.1) is 0 Å². The fourth-order valence-corrected chi connectivity index (χ4v) is 3.54. The zero-order valence-corrected chi connectivity index (χ0v) is 12.6. The van der Waals surface area contributed by atoms with Crippen LogP contribution in [0.1, 0.15) is 5.56 Å². The minimum Gasteiger partial charge on any atom is -0.477 e. The van der Waals surface area contributed by atoms with Crippen LogP contribution in [0.15, 0.2) is 42.1 Å². The maximum Gasteiger partial charge on any atom is 0.352 e. The lowest BCUT2D eigenvalue weighted by atomic mass is 10.0. The molecule has 2 N–H and O–H groups in total. The lowest BCUT2D eigenvalue weighted by Gasteiger charge is -2.47. The van der Waals surface area contributed by atoms with E-state index >= 15 is 0 Å². The monoisotopic (exact) mass is 332 g/mol. The van der Waals surface area contributed by atoms with Gasteiger partial charge in [0.05, 0.1) is 6.42 Å². The van der Waals surface area contributed by atoms with E-state index in [1.165, 1.54) is 0 Å². The van der Waals surface area contributed by atoms with Crippen molar-refractivity contribution >= 4 is 34.7 Å². The van der Waals surface area contributed by atoms with Gasteiger partial charge in [-0.15, -0.1) is 0 Å². The van der Waals surface area contributed by atoms with Crippen LogP contribution in [0.3, 0.4) is 0 Å². The van der Waals surface area contributed by atoms with Gasteiger partial charge in [0, 0.05) is 6.08 Å². The van der Waals surface area contributed by atoms with Gasteiger partial charge in [-0.25, -0.2) is 4.79 Å². The first-order valence-corrected chi connectivity index (χ1v) is 7.67. The van der Waals surface area contributed by atoms with Gasteiger partial charge in [0.15, 0.2) is 0 Å². The standard InChI is InChI=1S/C15H12N2O5S/c18-10(6-8-4-2-1-3-5-8)16-12-13(20)17-9(15(21)22)7-11(19)23-14(12)17/h1-5,7,12,14H,6H2,(H,16,18)(H,21,22)/t12-,14-/m1/s1. The molecule has 0 saturated carbocycles. The van der Waals surface area contributed by atoms with E-state index < -0.39 is 28.4 Å². The summed E-state index contributed by atoms with van der Waals surface area (Å²) in [7, 11) is 0. The summed E-state index contributed by atoms with van der Waals surface area (Å²) in [5.74, 6) is -2.22. The van der Waals surface area contributed by atoms with Gasteiger partial charge >= 0.3 is 5.97 Å². The Morgan fingerprint density at radius 3 is 2.57 bits per heavy atom. The summed E-state index contributed by atoms with van der Waals surface area (Å²) in [6.07, 6.45) is 1.03. The molecule has 7 nitrogen and oxygen atoms in total. The van der Waals surface area contributed by atoms with Crippen molar-refractivity contribution in [2.45, 2.75) is 17.8 Å². The summed E-state index contributed by atoms with van der Waals surface area (Å²) in [5.41, 5.74) is 0.449. The van der Waals surface area contributed by atoms with Crippen molar-refractivity contribution in [3.05, 3.63) is 47.7 Å². The van der Waals surface area contributed by atoms with Crippen LogP contribution in [-0.2, 0) is 25.6 Å². The van der Waals surface area contributed by atoms with Gasteiger partial charge in [-0.1, -0.05) is 42.1 Å². The first-order valence-electron chi connectivity index (χ1n) is 6.79. The van der Waals surface area contributed by atoms with Crippen LogP contribution < -0.4 is 5.32 Å². The van der Waals surface area contributed by atoms with Crippen molar-refractivity contribution < 1.29 is 24.3 Å². The minimum absolute atomic E-state index is 0.109. The number of carbonyl (C=O) groups is 4. The van der Waals surface area contributed by atoms with Crippen molar-refractivity contribution in [3.8, 4) is 0 Å². The molecule has 0 aromatic heterocycles. The van der Waals surface area contributed by atoms with Crippen LogP contribution in [-0.4, -0.2) is 44.3 Å². The van der Waals surface area contributed by atoms with Gasteiger partial charge in [-0.05, 0) is 5.56 Å². The van der Waals surface area contributed by atoms with Gasteiger partial charge in [0.1, 0.15) is 17.1 Å². The highest BCUT2D eigenvalue weighted by Gasteiger charge is 2.54. The average molecular weight is 332 g/mol. The minimum atomic E-state index is -1.34. The topological polar surface area (TPSA) is 104 Å². The van der Waals surface area contributed by atoms with E-state index in [-0.39, 0.29) is 18.0 Å². The molecule has 2 aliphatic heterocycles. The highest BCUT2D eigenvalue weighted by atomic mass is 32.2. The van der Waals surface area contributed by atoms with Crippen LogP contribution in [0.5, 0.6) is 0 Å². The first kappa shape index (κ1) is 15.3. The van der Waals surface area contributed by atoms with Crippen molar-refractivity contribution in [3.63, 3.8) is 0 Å². The predicted molar refractivity (Wildman–Crippen MR) is 81.0 cm³/mol. The van der Waals surface area contributed by atoms with Crippen molar-refractivity contribution in [1.29, 1.82) is 0 Å². The SMILES string of the molecule is O=C(Cc1ccccc1)N[C@@H]1C(=O)N2C(C(=O)O)=CC(=O)S[C@H]12. The Balaban J connectivity index is 1.68. The molecule has 118 valence electrons. The highest BCUT2D eigenvalue weighted by Crippen LogP contribution is 2.38. The summed E-state index contributed by atoms with van der Waals surface area (Å²) >= 11 is 0.829. The molecule has 0 radical (unpaired) electrons. The molecule has 0 unspecified atom stereocenters. The molecule has 2 heterocycles. The highest BCUT2D eigenvalue weighted by molar-refractivity contribution is 8.14. The third-order valence-electron chi connectivity index (χ3n) is 3.54. The number of thioether (sulfide) groups is 1. The number of β-lactam (4-membered cyclic amide) rings is 1. The number of amides is 2. The van der Waals surface area contributed by atoms with Crippen molar-refractivity contribution in [1.82, 2.24) is 10.2 Å². The second-order valence-corrected chi connectivity index (χ2v) is 6.20. The molecule has 3 rings (SSSR count). The van der Waals surface area contributed by atoms with E-state index in [1.54, 1.807) is 24.3 Å². The van der Waals surface area contributed by atoms with Crippen LogP contribution in [0.4, 0.5) is 0 Å². The molecular formula is C15H12N2O5S. The maximum absolute atomic E-state index is 12.1. The van der Waals surface area contributed by atoms with E-state index in [2.05, 4.69) is 5.32 Å². The number of hydrogen-bond donors (Lipinski definition) is 2. The fraction of sp³-hybridized carbons (Fsp3) is 0.200. The quantitative estimate of drug-likeness (QED) is 0.759. The molecule has 0 aliphatic carbocycles. The average Bonchev–Trinajstić information content (AvgIpc) is 2.52. The molecule has 23 heavy (non-hydrogen) atoms. The van der Waals surface area contributed by atoms with E-state index in [0.29, 0.717) is 0 Å². The molecule has 1 fully saturated rings. The first-order chi connectivity index (χ1) is 11.0. The summed E-state index contributed by atoms with van der Waals surface area (Å²) in [6.45, 7) is 0. The smallest absolute Gasteiger partial charge is 0.352 e. The fourth-order valence-electron chi connectivity index (χ4n) is 2.48. The lowest BCUT2D eigenvalue weighted by molar-refractivity contribution is -0.150. The third kappa shape index (κ3) is 2.85. The van der Waals surface area contributed by atoms with Crippen LogP contribution in [0.25, 0.3) is 0 Å². The Bertz CT molecular complexity index is 731. The largest absolute Gasteiger partial charge is 0.477 e. The Kier molecular flexibility index (Phi) is 3.91. The molecule has 0 bridgehead atoms. The normalized spacial score (nSPS) is 22.8. The Morgan fingerprint density at radius 2 is 1.91 bits per heavy atom. The number of aliphatic carboxylic acids is 1. The molecule has 1 saturated heterocycles. The van der Waals surface area contributed by atoms with E-state index in [1.807, 2.05) is 6.07 Å². The number of carboxylic acids is 1. The molecule has 2 amide bonds. The lowest BCUT2D eigenvalue weighted by Crippen LogP contribution is -2.70. The number of carboxylic acid groups (broad SMARTS) is 1. The van der Waals surface area contributed by atoms with Gasteiger partial charge in [0.25, 0.3) is 5.91 Å². The number of fused-ring (bicyclic) bond motifs is 1. The van der Waals surface area contributed by atoms with Crippen LogP contribution >= 0.6 is 11.8 Å². The van der Waals surface area contributed by atoms with Crippen molar-refractivity contribution in [2.75, 3.05) is 0 Å². The number of rotatable bonds is 4. The Morgan fingerprint density at radius 1 is 1.22 bits per heavy atom. The van der Waals surface area contributed by atoms with Crippen molar-refractivity contribution in [2.24, 2.45) is 0 Å². The summed E-state index contributed by atoms with van der Waals surface area (Å²) in [5, 5.41) is 10.5. The second-order valence-electron chi connectivity index (χ2n) is 5.08. The van der Waals surface area contributed by atoms with E-state index in [9.17, 15) is 19.2 Å². The molecule has 0 spiro atoms. The van der Waals surface area contributed by atoms with Crippen LogP contribution in [0.2, 0.25) is 0 Å². The number of nitrogens with zero attached hydrogens (tertiary/aromatic N) is 1. The molecule has 8 heteroatoms. The second kappa shape index (κ2) is 5.88. The number of nitrogens with one attached hydrogen (secondary N) is 1. The molecule has 2 atom stereocenters. The summed E-state index contributed by atoms with van der Waals surface area (Å²) < 4.78 is 0. The van der Waals surface area contributed by atoms with E-state index in [0.717, 1.165) is 28.3 Å². The van der Waals surface area contributed by atoms with Gasteiger partial charge < -0.3 is 10.4 Å². The predicted octanol–water partition coefficient (Wildman–Crippen LogP) is 0.124. The van der Waals surface area contributed by atoms with Gasteiger partial charge in [0.2, 0.25) is 11.0 Å². The van der Waals surface area contributed by atoms with E-state index in [4.69, 9.17) is 5.11 Å². The Labute approximate surface area is 135 Å². The zero-order valence-electron chi connectivity index (χ0n) is 11.8. The number of hydrogen-bond acceptors (Lipinski definition) is 5. The molecular weight excluding hydrogens is 320 g/mol. The molecule has 1 aromatic rings. The number of carbonyl (C=O) groups excluding carboxylic acids is 3. The maximum atomic E-state index is 12.1. The van der Waals surface area contributed by atoms with Gasteiger partial charge in [-0.2, -0.15) is 0 Å². The molecule has 2 aliphatic rings. The third-order valence-corrected chi connectivity index (χ3v) is 4.61. The summed E-state index contributed by atoms with van der Waals surface area (Å²) in [6, 6.07) is 8.13. The van der Waals surface area contributed by atoms with Gasteiger partial charge in [-0.3, -0.25) is 19.3 Å². The zero-order chi connectivity index (χ0) is 16.6. The number of benzene rings is 1.